The maximum absolute atomic E-state index is 12.4. The number of nitrogens with zero attached hydrogens (tertiary/aromatic N) is 3. The topological polar surface area (TPSA) is 102 Å². The van der Waals surface area contributed by atoms with Gasteiger partial charge in [-0.05, 0) is 16.7 Å². The molecule has 0 aliphatic heterocycles. The molecule has 0 spiro atoms. The second-order valence-electron chi connectivity index (χ2n) is 7.39. The van der Waals surface area contributed by atoms with Gasteiger partial charge in [0.2, 0.25) is 16.7 Å². The summed E-state index contributed by atoms with van der Waals surface area (Å²) >= 11 is 0.981. The number of anilines is 1. The number of carbonyl (C=O) groups excluding carboxylic acids is 1. The number of rotatable bonds is 10. The van der Waals surface area contributed by atoms with Crippen LogP contribution in [0, 0.1) is 0 Å². The molecule has 178 valence electrons. The van der Waals surface area contributed by atoms with E-state index in [0.717, 1.165) is 28.2 Å². The van der Waals surface area contributed by atoms with E-state index in [9.17, 15) is 13.6 Å². The molecule has 0 saturated heterocycles. The average molecular weight is 494 g/mol. The molecule has 4 aromatic rings. The zero-order chi connectivity index (χ0) is 24.7. The number of amides is 1. The zero-order valence-electron chi connectivity index (χ0n) is 18.3. The van der Waals surface area contributed by atoms with Gasteiger partial charge in [-0.2, -0.15) is 9.36 Å². The molecule has 10 heteroatoms. The van der Waals surface area contributed by atoms with Gasteiger partial charge in [-0.15, -0.1) is 0 Å². The molecule has 0 fully saturated rings. The van der Waals surface area contributed by atoms with Crippen LogP contribution < -0.4 is 11.1 Å². The Balaban J connectivity index is 1.81. The fraction of sp³-hybridized carbons (Fsp3) is 0.120. The molecule has 0 unspecified atom stereocenters. The Labute approximate surface area is 204 Å². The van der Waals surface area contributed by atoms with E-state index in [-0.39, 0.29) is 5.82 Å². The number of benzene rings is 3. The lowest BCUT2D eigenvalue weighted by atomic mass is 9.77. The molecule has 1 aromatic heterocycles. The number of oxime groups is 1. The zero-order valence-corrected chi connectivity index (χ0v) is 19.2. The molecule has 1 heterocycles. The van der Waals surface area contributed by atoms with Crippen LogP contribution in [0.4, 0.5) is 13.9 Å². The molecule has 0 radical (unpaired) electrons. The standard InChI is InChI=1S/C25H21F2N5O2S/c26-20(27)16-34-31-21(22(28)33)23-29-24(35-32-23)30-25(17-10-4-1-5-11-17,18-12-6-2-7-13-18)19-14-8-3-9-15-19/h1-15,20H,16H2,(H2,28,33)(H,29,30,32)/b31-21+. The van der Waals surface area contributed by atoms with Crippen molar-refractivity contribution in [3.05, 3.63) is 114 Å². The van der Waals surface area contributed by atoms with E-state index in [1.165, 1.54) is 0 Å². The number of alkyl halides is 2. The molecule has 1 amide bonds. The van der Waals surface area contributed by atoms with Gasteiger partial charge < -0.3 is 15.9 Å². The quantitative estimate of drug-likeness (QED) is 0.194. The number of aromatic nitrogens is 2. The Morgan fingerprint density at radius 2 is 1.43 bits per heavy atom. The Morgan fingerprint density at radius 3 is 1.86 bits per heavy atom. The molecular weight excluding hydrogens is 472 g/mol. The number of hydrogen-bond donors (Lipinski definition) is 2. The Bertz CT molecular complexity index is 1190. The van der Waals surface area contributed by atoms with E-state index in [1.54, 1.807) is 0 Å². The molecule has 0 bridgehead atoms. The first kappa shape index (κ1) is 24.0. The summed E-state index contributed by atoms with van der Waals surface area (Å²) in [4.78, 5) is 20.8. The Kier molecular flexibility index (Phi) is 7.41. The largest absolute Gasteiger partial charge is 0.389 e. The van der Waals surface area contributed by atoms with Gasteiger partial charge in [-0.3, -0.25) is 4.79 Å². The van der Waals surface area contributed by atoms with Crippen LogP contribution in [-0.2, 0) is 15.2 Å². The maximum Gasteiger partial charge on any atom is 0.274 e. The van der Waals surface area contributed by atoms with Crippen molar-refractivity contribution in [2.45, 2.75) is 12.0 Å². The summed E-state index contributed by atoms with van der Waals surface area (Å²) in [5.41, 5.74) is 6.88. The predicted octanol–water partition coefficient (Wildman–Crippen LogP) is 4.41. The van der Waals surface area contributed by atoms with Crippen LogP contribution in [0.1, 0.15) is 22.5 Å². The lowest BCUT2D eigenvalue weighted by Gasteiger charge is -2.36. The van der Waals surface area contributed by atoms with Gasteiger partial charge in [0, 0.05) is 11.5 Å². The second kappa shape index (κ2) is 10.8. The number of primary amides is 1. The number of halogens is 2. The summed E-state index contributed by atoms with van der Waals surface area (Å²) in [6.07, 6.45) is -2.75. The minimum absolute atomic E-state index is 0.123. The molecule has 0 saturated carbocycles. The van der Waals surface area contributed by atoms with Crippen molar-refractivity contribution in [1.29, 1.82) is 0 Å². The highest BCUT2D eigenvalue weighted by Crippen LogP contribution is 2.40. The summed E-state index contributed by atoms with van der Waals surface area (Å²) in [6.45, 7) is -0.981. The number of carbonyl (C=O) groups is 1. The van der Waals surface area contributed by atoms with E-state index < -0.39 is 30.2 Å². The number of nitrogens with two attached hydrogens (primary N) is 1. The summed E-state index contributed by atoms with van der Waals surface area (Å²) in [6, 6.07) is 29.5. The van der Waals surface area contributed by atoms with Gasteiger partial charge in [-0.1, -0.05) is 96.2 Å². The number of hydrogen-bond acceptors (Lipinski definition) is 7. The third-order valence-electron chi connectivity index (χ3n) is 5.14. The van der Waals surface area contributed by atoms with Crippen molar-refractivity contribution in [2.75, 3.05) is 11.9 Å². The van der Waals surface area contributed by atoms with E-state index in [2.05, 4.69) is 24.7 Å². The van der Waals surface area contributed by atoms with E-state index in [4.69, 9.17) is 5.73 Å². The fourth-order valence-electron chi connectivity index (χ4n) is 3.67. The molecular formula is C25H21F2N5O2S. The van der Waals surface area contributed by atoms with Crippen molar-refractivity contribution >= 4 is 28.3 Å². The van der Waals surface area contributed by atoms with Gasteiger partial charge in [0.25, 0.3) is 12.3 Å². The van der Waals surface area contributed by atoms with Crippen LogP contribution in [0.5, 0.6) is 0 Å². The van der Waals surface area contributed by atoms with Gasteiger partial charge in [0.05, 0.1) is 0 Å². The molecule has 3 aromatic carbocycles. The third-order valence-corrected chi connectivity index (χ3v) is 5.77. The van der Waals surface area contributed by atoms with Gasteiger partial charge >= 0.3 is 0 Å². The van der Waals surface area contributed by atoms with Crippen molar-refractivity contribution in [2.24, 2.45) is 10.9 Å². The molecule has 0 aliphatic carbocycles. The fourth-order valence-corrected chi connectivity index (χ4v) is 4.29. The highest BCUT2D eigenvalue weighted by molar-refractivity contribution is 7.09. The molecule has 0 atom stereocenters. The molecule has 3 N–H and O–H groups in total. The van der Waals surface area contributed by atoms with E-state index in [1.807, 2.05) is 91.0 Å². The third kappa shape index (κ3) is 5.33. The average Bonchev–Trinajstić information content (AvgIpc) is 3.34. The van der Waals surface area contributed by atoms with Crippen molar-refractivity contribution < 1.29 is 18.4 Å². The first-order valence-electron chi connectivity index (χ1n) is 10.6. The van der Waals surface area contributed by atoms with Crippen LogP contribution >= 0.6 is 11.5 Å². The molecule has 0 aliphatic rings. The highest BCUT2D eigenvalue weighted by atomic mass is 32.1. The number of nitrogens with one attached hydrogen (secondary N) is 1. The van der Waals surface area contributed by atoms with Crippen LogP contribution in [0.15, 0.2) is 96.2 Å². The predicted molar refractivity (Wildman–Crippen MR) is 130 cm³/mol. The van der Waals surface area contributed by atoms with Gasteiger partial charge in [0.1, 0.15) is 5.54 Å². The normalized spacial score (nSPS) is 11.9. The lowest BCUT2D eigenvalue weighted by molar-refractivity contribution is -0.112. The summed E-state index contributed by atoms with van der Waals surface area (Å²) in [7, 11) is 0. The van der Waals surface area contributed by atoms with E-state index >= 15 is 0 Å². The van der Waals surface area contributed by atoms with E-state index in [0.29, 0.717) is 5.13 Å². The van der Waals surface area contributed by atoms with Gasteiger partial charge in [0.15, 0.2) is 6.61 Å². The molecule has 35 heavy (non-hydrogen) atoms. The maximum atomic E-state index is 12.4. The summed E-state index contributed by atoms with van der Waals surface area (Å²) in [5, 5.41) is 7.30. The van der Waals surface area contributed by atoms with Crippen molar-refractivity contribution in [3.63, 3.8) is 0 Å². The van der Waals surface area contributed by atoms with Crippen molar-refractivity contribution in [1.82, 2.24) is 9.36 Å². The minimum atomic E-state index is -2.75. The summed E-state index contributed by atoms with van der Waals surface area (Å²) in [5.74, 6) is -1.12. The molecule has 7 nitrogen and oxygen atoms in total. The second-order valence-corrected chi connectivity index (χ2v) is 8.14. The lowest BCUT2D eigenvalue weighted by Crippen LogP contribution is -2.38. The summed E-state index contributed by atoms with van der Waals surface area (Å²) < 4.78 is 29.0. The monoisotopic (exact) mass is 493 g/mol. The Morgan fingerprint density at radius 1 is 0.943 bits per heavy atom. The minimum Gasteiger partial charge on any atom is -0.389 e. The van der Waals surface area contributed by atoms with Gasteiger partial charge in [-0.25, -0.2) is 8.78 Å². The smallest absolute Gasteiger partial charge is 0.274 e. The SMILES string of the molecule is NC(=O)/C(=N\OCC(F)F)c1nsc(NC(c2ccccc2)(c2ccccc2)c2ccccc2)n1. The van der Waals surface area contributed by atoms with Crippen LogP contribution in [0.25, 0.3) is 0 Å². The molecule has 4 rings (SSSR count). The Hall–Kier alpha value is -4.18. The van der Waals surface area contributed by atoms with Crippen LogP contribution in [0.2, 0.25) is 0 Å². The van der Waals surface area contributed by atoms with Crippen molar-refractivity contribution in [3.8, 4) is 0 Å². The first-order valence-corrected chi connectivity index (χ1v) is 11.3. The first-order chi connectivity index (χ1) is 17.0. The van der Waals surface area contributed by atoms with Crippen LogP contribution in [0.3, 0.4) is 0 Å². The van der Waals surface area contributed by atoms with Crippen LogP contribution in [-0.4, -0.2) is 34.0 Å². The highest BCUT2D eigenvalue weighted by Gasteiger charge is 2.37.